The summed E-state index contributed by atoms with van der Waals surface area (Å²) in [5, 5.41) is 8.41. The van der Waals surface area contributed by atoms with E-state index in [-0.39, 0.29) is 35.7 Å². The van der Waals surface area contributed by atoms with Crippen LogP contribution in [-0.4, -0.2) is 62.7 Å². The van der Waals surface area contributed by atoms with Gasteiger partial charge in [0.1, 0.15) is 6.04 Å². The normalized spacial score (nSPS) is 22.0. The van der Waals surface area contributed by atoms with Crippen molar-refractivity contribution in [3.8, 4) is 0 Å². The minimum atomic E-state index is -0.361. The van der Waals surface area contributed by atoms with Crippen LogP contribution >= 0.6 is 23.7 Å². The van der Waals surface area contributed by atoms with Crippen molar-refractivity contribution < 1.29 is 14.3 Å². The number of carbonyl (C=O) groups is 2. The topological polar surface area (TPSA) is 70.7 Å². The van der Waals surface area contributed by atoms with Crippen LogP contribution in [0.1, 0.15) is 41.8 Å². The molecule has 0 aliphatic carbocycles. The van der Waals surface area contributed by atoms with E-state index in [2.05, 4.69) is 10.6 Å². The molecule has 0 spiro atoms. The molecule has 3 rings (SSSR count). The van der Waals surface area contributed by atoms with Gasteiger partial charge in [0.05, 0.1) is 11.5 Å². The van der Waals surface area contributed by atoms with E-state index in [1.54, 1.807) is 12.0 Å². The molecule has 1 unspecified atom stereocenters. The highest BCUT2D eigenvalue weighted by Crippen LogP contribution is 2.29. The Kier molecular flexibility index (Phi) is 8.54. The molecule has 8 heteroatoms. The van der Waals surface area contributed by atoms with E-state index in [0.717, 1.165) is 45.2 Å². The summed E-state index contributed by atoms with van der Waals surface area (Å²) >= 11 is 1.43. The zero-order chi connectivity index (χ0) is 18.4. The Bertz CT molecular complexity index is 600. The van der Waals surface area contributed by atoms with Crippen molar-refractivity contribution >= 4 is 35.6 Å². The van der Waals surface area contributed by atoms with Crippen molar-refractivity contribution in [3.63, 3.8) is 0 Å². The fourth-order valence-electron chi connectivity index (χ4n) is 4.02. The zero-order valence-corrected chi connectivity index (χ0v) is 17.5. The number of methoxy groups -OCH3 is 1. The molecule has 0 radical (unpaired) electrons. The fourth-order valence-corrected chi connectivity index (χ4v) is 4.70. The smallest absolute Gasteiger partial charge is 0.264 e. The summed E-state index contributed by atoms with van der Waals surface area (Å²) in [5.74, 6) is -0.0445. The summed E-state index contributed by atoms with van der Waals surface area (Å²) in [6, 6.07) is 3.35. The number of rotatable bonds is 6. The molecule has 152 valence electrons. The van der Waals surface area contributed by atoms with Crippen molar-refractivity contribution in [2.75, 3.05) is 39.9 Å². The number of ether oxygens (including phenoxy) is 1. The Hall–Kier alpha value is -1.15. The van der Waals surface area contributed by atoms with Gasteiger partial charge >= 0.3 is 0 Å². The SMILES string of the molecule is COCC1(CNC(=O)C2CCCCN2C(=O)c2cccs2)CCNCC1.Cl. The van der Waals surface area contributed by atoms with E-state index in [0.29, 0.717) is 24.6 Å². The number of amides is 2. The van der Waals surface area contributed by atoms with Gasteiger partial charge in [0.15, 0.2) is 0 Å². The van der Waals surface area contributed by atoms with Crippen LogP contribution in [-0.2, 0) is 9.53 Å². The lowest BCUT2D eigenvalue weighted by molar-refractivity contribution is -0.127. The summed E-state index contributed by atoms with van der Waals surface area (Å²) in [6.07, 6.45) is 4.66. The molecule has 1 aromatic heterocycles. The maximum absolute atomic E-state index is 12.9. The quantitative estimate of drug-likeness (QED) is 0.747. The molecular formula is C19H30ClN3O3S. The summed E-state index contributed by atoms with van der Waals surface area (Å²) in [6.45, 7) is 3.82. The van der Waals surface area contributed by atoms with Gasteiger partial charge in [0.2, 0.25) is 5.91 Å². The second kappa shape index (κ2) is 10.4. The van der Waals surface area contributed by atoms with Gasteiger partial charge in [-0.1, -0.05) is 6.07 Å². The van der Waals surface area contributed by atoms with Gasteiger partial charge in [-0.2, -0.15) is 0 Å². The average molecular weight is 416 g/mol. The first-order valence-corrected chi connectivity index (χ1v) is 10.3. The maximum Gasteiger partial charge on any atom is 0.264 e. The van der Waals surface area contributed by atoms with Crippen molar-refractivity contribution in [2.24, 2.45) is 5.41 Å². The minimum absolute atomic E-state index is 0. The third-order valence-corrected chi connectivity index (χ3v) is 6.41. The number of thiophene rings is 1. The van der Waals surface area contributed by atoms with E-state index in [9.17, 15) is 9.59 Å². The Balaban J connectivity index is 0.00000261. The van der Waals surface area contributed by atoms with Crippen molar-refractivity contribution in [2.45, 2.75) is 38.1 Å². The Labute approximate surface area is 171 Å². The molecule has 2 aliphatic rings. The van der Waals surface area contributed by atoms with Crippen molar-refractivity contribution in [1.82, 2.24) is 15.5 Å². The average Bonchev–Trinajstić information content (AvgIpc) is 3.21. The van der Waals surface area contributed by atoms with E-state index in [4.69, 9.17) is 4.74 Å². The van der Waals surface area contributed by atoms with Gasteiger partial charge < -0.3 is 20.3 Å². The number of nitrogens with zero attached hydrogens (tertiary/aromatic N) is 1. The molecule has 2 N–H and O–H groups in total. The van der Waals surface area contributed by atoms with Crippen LogP contribution in [0.4, 0.5) is 0 Å². The Morgan fingerprint density at radius 2 is 2.15 bits per heavy atom. The third kappa shape index (κ3) is 5.44. The number of carbonyl (C=O) groups excluding carboxylic acids is 2. The fraction of sp³-hybridized carbons (Fsp3) is 0.684. The van der Waals surface area contributed by atoms with Gasteiger partial charge in [-0.25, -0.2) is 0 Å². The Morgan fingerprint density at radius 1 is 1.37 bits per heavy atom. The number of likely N-dealkylation sites (tertiary alicyclic amines) is 1. The second-order valence-corrected chi connectivity index (χ2v) is 8.34. The molecule has 2 aliphatic heterocycles. The van der Waals surface area contributed by atoms with Gasteiger partial charge in [-0.3, -0.25) is 9.59 Å². The van der Waals surface area contributed by atoms with E-state index >= 15 is 0 Å². The van der Waals surface area contributed by atoms with Crippen LogP contribution in [0.5, 0.6) is 0 Å². The number of nitrogens with one attached hydrogen (secondary N) is 2. The second-order valence-electron chi connectivity index (χ2n) is 7.39. The van der Waals surface area contributed by atoms with Crippen LogP contribution < -0.4 is 10.6 Å². The monoisotopic (exact) mass is 415 g/mol. The number of hydrogen-bond donors (Lipinski definition) is 2. The first-order chi connectivity index (χ1) is 12.7. The molecule has 0 saturated carbocycles. The number of piperidine rings is 2. The minimum Gasteiger partial charge on any atom is -0.384 e. The van der Waals surface area contributed by atoms with Crippen molar-refractivity contribution in [1.29, 1.82) is 0 Å². The number of halogens is 1. The predicted octanol–water partition coefficient (Wildman–Crippen LogP) is 2.30. The molecule has 1 atom stereocenters. The molecule has 2 fully saturated rings. The summed E-state index contributed by atoms with van der Waals surface area (Å²) in [7, 11) is 1.72. The molecule has 2 saturated heterocycles. The first kappa shape index (κ1) is 22.1. The first-order valence-electron chi connectivity index (χ1n) is 9.47. The van der Waals surface area contributed by atoms with Crippen LogP contribution in [0, 0.1) is 5.41 Å². The largest absolute Gasteiger partial charge is 0.384 e. The van der Waals surface area contributed by atoms with Crippen LogP contribution in [0.25, 0.3) is 0 Å². The maximum atomic E-state index is 12.9. The highest BCUT2D eigenvalue weighted by atomic mass is 35.5. The molecule has 27 heavy (non-hydrogen) atoms. The third-order valence-electron chi connectivity index (χ3n) is 5.55. The van der Waals surface area contributed by atoms with Gasteiger partial charge in [0, 0.05) is 25.6 Å². The lowest BCUT2D eigenvalue weighted by Crippen LogP contribution is -2.54. The van der Waals surface area contributed by atoms with Gasteiger partial charge in [-0.05, 0) is 56.6 Å². The lowest BCUT2D eigenvalue weighted by atomic mass is 9.79. The lowest BCUT2D eigenvalue weighted by Gasteiger charge is -2.39. The highest BCUT2D eigenvalue weighted by Gasteiger charge is 2.36. The number of hydrogen-bond acceptors (Lipinski definition) is 5. The molecule has 2 amide bonds. The molecule has 3 heterocycles. The van der Waals surface area contributed by atoms with E-state index in [1.807, 2.05) is 17.5 Å². The van der Waals surface area contributed by atoms with Crippen LogP contribution in [0.3, 0.4) is 0 Å². The molecule has 0 aromatic carbocycles. The summed E-state index contributed by atoms with van der Waals surface area (Å²) in [5.41, 5.74) is -0.00703. The van der Waals surface area contributed by atoms with E-state index < -0.39 is 0 Å². The molecule has 6 nitrogen and oxygen atoms in total. The van der Waals surface area contributed by atoms with Crippen LogP contribution in [0.15, 0.2) is 17.5 Å². The highest BCUT2D eigenvalue weighted by molar-refractivity contribution is 7.12. The van der Waals surface area contributed by atoms with E-state index in [1.165, 1.54) is 11.3 Å². The summed E-state index contributed by atoms with van der Waals surface area (Å²) in [4.78, 5) is 28.2. The zero-order valence-electron chi connectivity index (χ0n) is 15.9. The van der Waals surface area contributed by atoms with Crippen LogP contribution in [0.2, 0.25) is 0 Å². The van der Waals surface area contributed by atoms with Gasteiger partial charge in [-0.15, -0.1) is 23.7 Å². The Morgan fingerprint density at radius 3 is 2.81 bits per heavy atom. The standard InChI is InChI=1S/C19H29N3O3S.ClH/c1-25-14-19(7-9-20-10-8-19)13-21-17(23)15-5-2-3-11-22(15)18(24)16-6-4-12-26-16;/h4,6,12,15,20H,2-3,5,7-11,13-14H2,1H3,(H,21,23);1H. The van der Waals surface area contributed by atoms with Crippen molar-refractivity contribution in [3.05, 3.63) is 22.4 Å². The predicted molar refractivity (Wildman–Crippen MR) is 110 cm³/mol. The molecular weight excluding hydrogens is 386 g/mol. The van der Waals surface area contributed by atoms with Gasteiger partial charge in [0.25, 0.3) is 5.91 Å². The molecule has 1 aromatic rings. The summed E-state index contributed by atoms with van der Waals surface area (Å²) < 4.78 is 5.43. The molecule has 0 bridgehead atoms.